The number of hydrogen-bond donors (Lipinski definition) is 2. The van der Waals surface area contributed by atoms with Crippen LogP contribution in [0.2, 0.25) is 0 Å². The van der Waals surface area contributed by atoms with Crippen molar-refractivity contribution in [2.75, 3.05) is 23.3 Å². The zero-order valence-corrected chi connectivity index (χ0v) is 8.76. The van der Waals surface area contributed by atoms with E-state index >= 15 is 0 Å². The first-order chi connectivity index (χ1) is 6.84. The Morgan fingerprint density at radius 2 is 2.43 bits per heavy atom. The van der Waals surface area contributed by atoms with Crippen LogP contribution in [0, 0.1) is 0 Å². The average molecular weight is 210 g/mol. The third-order valence-corrected chi connectivity index (χ3v) is 3.60. The highest BCUT2D eigenvalue weighted by Crippen LogP contribution is 2.25. The molecule has 3 N–H and O–H groups in total. The summed E-state index contributed by atoms with van der Waals surface area (Å²) in [6.45, 7) is 0.975. The molecular formula is C9H14N4S. The van der Waals surface area contributed by atoms with Crippen LogP contribution in [0.25, 0.3) is 0 Å². The van der Waals surface area contributed by atoms with Crippen molar-refractivity contribution in [3.63, 3.8) is 0 Å². The van der Waals surface area contributed by atoms with Crippen LogP contribution in [-0.4, -0.2) is 27.5 Å². The van der Waals surface area contributed by atoms with Crippen LogP contribution < -0.4 is 11.1 Å². The van der Waals surface area contributed by atoms with Gasteiger partial charge in [-0.25, -0.2) is 9.97 Å². The molecule has 0 aromatic carbocycles. The Morgan fingerprint density at radius 1 is 1.50 bits per heavy atom. The lowest BCUT2D eigenvalue weighted by Crippen LogP contribution is -2.14. The Kier molecular flexibility index (Phi) is 3.08. The second-order valence-electron chi connectivity index (χ2n) is 3.34. The van der Waals surface area contributed by atoms with E-state index in [9.17, 15) is 0 Å². The number of nitrogens with two attached hydrogens (primary N) is 1. The SMILES string of the molecule is Nc1cnc(NCC2CCCS2)cn1. The van der Waals surface area contributed by atoms with E-state index in [0.717, 1.165) is 17.6 Å². The summed E-state index contributed by atoms with van der Waals surface area (Å²) in [4.78, 5) is 8.10. The summed E-state index contributed by atoms with van der Waals surface area (Å²) in [7, 11) is 0. The molecule has 14 heavy (non-hydrogen) atoms. The molecule has 0 bridgehead atoms. The molecule has 1 aliphatic rings. The summed E-state index contributed by atoms with van der Waals surface area (Å²) in [6, 6.07) is 0. The fourth-order valence-corrected chi connectivity index (χ4v) is 2.65. The van der Waals surface area contributed by atoms with Gasteiger partial charge >= 0.3 is 0 Å². The van der Waals surface area contributed by atoms with Gasteiger partial charge in [0, 0.05) is 11.8 Å². The smallest absolute Gasteiger partial charge is 0.144 e. The van der Waals surface area contributed by atoms with Crippen molar-refractivity contribution in [2.45, 2.75) is 18.1 Å². The molecule has 2 rings (SSSR count). The summed E-state index contributed by atoms with van der Waals surface area (Å²) in [5, 5.41) is 3.99. The first-order valence-electron chi connectivity index (χ1n) is 4.77. The number of rotatable bonds is 3. The molecule has 1 aromatic rings. The first-order valence-corrected chi connectivity index (χ1v) is 5.82. The molecule has 5 heteroatoms. The Balaban J connectivity index is 1.82. The summed E-state index contributed by atoms with van der Waals surface area (Å²) in [6.07, 6.45) is 5.89. The molecule has 1 aliphatic heterocycles. The largest absolute Gasteiger partial charge is 0.382 e. The number of thioether (sulfide) groups is 1. The minimum absolute atomic E-state index is 0.464. The lowest BCUT2D eigenvalue weighted by atomic mass is 10.2. The molecule has 0 aliphatic carbocycles. The topological polar surface area (TPSA) is 63.8 Å². The van der Waals surface area contributed by atoms with E-state index in [-0.39, 0.29) is 0 Å². The monoisotopic (exact) mass is 210 g/mol. The van der Waals surface area contributed by atoms with Crippen LogP contribution in [0.1, 0.15) is 12.8 Å². The van der Waals surface area contributed by atoms with Gasteiger partial charge < -0.3 is 11.1 Å². The van der Waals surface area contributed by atoms with E-state index in [4.69, 9.17) is 5.73 Å². The third-order valence-electron chi connectivity index (χ3n) is 2.21. The average Bonchev–Trinajstić information content (AvgIpc) is 2.70. The lowest BCUT2D eigenvalue weighted by molar-refractivity contribution is 0.803. The van der Waals surface area contributed by atoms with Crippen molar-refractivity contribution in [1.82, 2.24) is 9.97 Å². The lowest BCUT2D eigenvalue weighted by Gasteiger charge is -2.09. The molecule has 1 fully saturated rings. The van der Waals surface area contributed by atoms with Gasteiger partial charge in [0.05, 0.1) is 12.4 Å². The van der Waals surface area contributed by atoms with Gasteiger partial charge in [-0.3, -0.25) is 0 Å². The van der Waals surface area contributed by atoms with Crippen molar-refractivity contribution in [1.29, 1.82) is 0 Å². The van der Waals surface area contributed by atoms with E-state index < -0.39 is 0 Å². The van der Waals surface area contributed by atoms with Crippen LogP contribution in [-0.2, 0) is 0 Å². The Morgan fingerprint density at radius 3 is 3.07 bits per heavy atom. The highest BCUT2D eigenvalue weighted by atomic mass is 32.2. The fraction of sp³-hybridized carbons (Fsp3) is 0.556. The summed E-state index contributed by atoms with van der Waals surface area (Å²) < 4.78 is 0. The minimum Gasteiger partial charge on any atom is -0.382 e. The van der Waals surface area contributed by atoms with E-state index in [2.05, 4.69) is 15.3 Å². The molecular weight excluding hydrogens is 196 g/mol. The highest BCUT2D eigenvalue weighted by molar-refractivity contribution is 8.00. The van der Waals surface area contributed by atoms with Gasteiger partial charge in [0.25, 0.3) is 0 Å². The van der Waals surface area contributed by atoms with Crippen molar-refractivity contribution in [3.05, 3.63) is 12.4 Å². The number of hydrogen-bond acceptors (Lipinski definition) is 5. The second-order valence-corrected chi connectivity index (χ2v) is 4.75. The molecule has 2 heterocycles. The van der Waals surface area contributed by atoms with Crippen LogP contribution in [0.5, 0.6) is 0 Å². The van der Waals surface area contributed by atoms with Crippen LogP contribution >= 0.6 is 11.8 Å². The molecule has 1 saturated heterocycles. The van der Waals surface area contributed by atoms with Crippen molar-refractivity contribution >= 4 is 23.4 Å². The summed E-state index contributed by atoms with van der Waals surface area (Å²) in [5.74, 6) is 2.57. The van der Waals surface area contributed by atoms with Gasteiger partial charge in [-0.15, -0.1) is 0 Å². The van der Waals surface area contributed by atoms with Crippen LogP contribution in [0.4, 0.5) is 11.6 Å². The molecule has 1 unspecified atom stereocenters. The maximum absolute atomic E-state index is 5.44. The molecule has 1 aromatic heterocycles. The zero-order chi connectivity index (χ0) is 9.80. The Hall–Kier alpha value is -0.970. The van der Waals surface area contributed by atoms with E-state index in [1.165, 1.54) is 18.6 Å². The molecule has 0 amide bonds. The van der Waals surface area contributed by atoms with Crippen molar-refractivity contribution in [2.24, 2.45) is 0 Å². The quantitative estimate of drug-likeness (QED) is 0.788. The van der Waals surface area contributed by atoms with Gasteiger partial charge in [0.1, 0.15) is 11.6 Å². The van der Waals surface area contributed by atoms with Crippen molar-refractivity contribution < 1.29 is 0 Å². The predicted octanol–water partition coefficient (Wildman–Crippen LogP) is 1.37. The number of nitrogens with one attached hydrogen (secondary N) is 1. The Labute approximate surface area is 87.7 Å². The molecule has 0 saturated carbocycles. The highest BCUT2D eigenvalue weighted by Gasteiger charge is 2.14. The summed E-state index contributed by atoms with van der Waals surface area (Å²) in [5.41, 5.74) is 5.44. The zero-order valence-electron chi connectivity index (χ0n) is 7.94. The molecule has 76 valence electrons. The molecule has 4 nitrogen and oxygen atoms in total. The second kappa shape index (κ2) is 4.50. The minimum atomic E-state index is 0.464. The maximum Gasteiger partial charge on any atom is 0.144 e. The maximum atomic E-state index is 5.44. The van der Waals surface area contributed by atoms with Crippen LogP contribution in [0.15, 0.2) is 12.4 Å². The number of anilines is 2. The number of nitrogen functional groups attached to an aromatic ring is 1. The van der Waals surface area contributed by atoms with E-state index in [1.807, 2.05) is 11.8 Å². The Bertz CT molecular complexity index is 281. The van der Waals surface area contributed by atoms with E-state index in [0.29, 0.717) is 5.82 Å². The van der Waals surface area contributed by atoms with Gasteiger partial charge in [0.15, 0.2) is 0 Å². The van der Waals surface area contributed by atoms with Gasteiger partial charge in [0.2, 0.25) is 0 Å². The number of aromatic nitrogens is 2. The van der Waals surface area contributed by atoms with E-state index in [1.54, 1.807) is 12.4 Å². The van der Waals surface area contributed by atoms with Crippen LogP contribution in [0.3, 0.4) is 0 Å². The third kappa shape index (κ3) is 2.51. The normalized spacial score (nSPS) is 21.0. The van der Waals surface area contributed by atoms with Crippen molar-refractivity contribution in [3.8, 4) is 0 Å². The standard InChI is InChI=1S/C9H14N4S/c10-8-5-13-9(6-11-8)12-4-7-2-1-3-14-7/h5-7H,1-4H2,(H2,10,11)(H,12,13). The molecule has 0 radical (unpaired) electrons. The first kappa shape index (κ1) is 9.58. The number of nitrogens with zero attached hydrogens (tertiary/aromatic N) is 2. The summed E-state index contributed by atoms with van der Waals surface area (Å²) >= 11 is 2.03. The van der Waals surface area contributed by atoms with Gasteiger partial charge in [-0.2, -0.15) is 11.8 Å². The molecule has 0 spiro atoms. The predicted molar refractivity (Wildman–Crippen MR) is 60.4 cm³/mol. The van der Waals surface area contributed by atoms with Gasteiger partial charge in [-0.1, -0.05) is 0 Å². The molecule has 1 atom stereocenters. The fourth-order valence-electron chi connectivity index (χ4n) is 1.45. The van der Waals surface area contributed by atoms with Gasteiger partial charge in [-0.05, 0) is 18.6 Å².